The molecule has 3 N–H and O–H groups in total. The third-order valence-corrected chi connectivity index (χ3v) is 3.66. The van der Waals surface area contributed by atoms with Crippen molar-refractivity contribution < 1.29 is 9.53 Å². The predicted octanol–water partition coefficient (Wildman–Crippen LogP) is 1.49. The minimum atomic E-state index is -0.133. The lowest BCUT2D eigenvalue weighted by molar-refractivity contribution is 0.0943. The van der Waals surface area contributed by atoms with E-state index in [2.05, 4.69) is 10.2 Å². The lowest BCUT2D eigenvalue weighted by atomic mass is 10.1. The van der Waals surface area contributed by atoms with Crippen LogP contribution in [0.15, 0.2) is 18.2 Å². The number of piperidine rings is 1. The van der Waals surface area contributed by atoms with Crippen molar-refractivity contribution in [2.24, 2.45) is 0 Å². The summed E-state index contributed by atoms with van der Waals surface area (Å²) in [5, 5.41) is 2.93. The highest BCUT2D eigenvalue weighted by Crippen LogP contribution is 2.25. The van der Waals surface area contributed by atoms with Crippen molar-refractivity contribution in [2.75, 3.05) is 39.0 Å². The molecule has 1 aliphatic rings. The van der Waals surface area contributed by atoms with Crippen molar-refractivity contribution in [3.05, 3.63) is 23.8 Å². The lowest BCUT2D eigenvalue weighted by Gasteiger charge is -2.26. The van der Waals surface area contributed by atoms with Crippen molar-refractivity contribution in [3.63, 3.8) is 0 Å². The molecule has 1 aliphatic heterocycles. The van der Waals surface area contributed by atoms with Crippen LogP contribution in [0, 0.1) is 0 Å². The van der Waals surface area contributed by atoms with Gasteiger partial charge in [-0.05, 0) is 38.1 Å². The third kappa shape index (κ3) is 3.63. The van der Waals surface area contributed by atoms with Crippen molar-refractivity contribution in [1.29, 1.82) is 0 Å². The average Bonchev–Trinajstić information content (AvgIpc) is 2.48. The Hall–Kier alpha value is -1.75. The number of amides is 1. The van der Waals surface area contributed by atoms with Crippen LogP contribution in [0.4, 0.5) is 5.69 Å². The monoisotopic (exact) mass is 277 g/mol. The maximum Gasteiger partial charge on any atom is 0.255 e. The van der Waals surface area contributed by atoms with Crippen LogP contribution in [0.3, 0.4) is 0 Å². The van der Waals surface area contributed by atoms with Gasteiger partial charge >= 0.3 is 0 Å². The van der Waals surface area contributed by atoms with Gasteiger partial charge in [0.1, 0.15) is 0 Å². The lowest BCUT2D eigenvalue weighted by Crippen LogP contribution is -2.37. The summed E-state index contributed by atoms with van der Waals surface area (Å²) in [4.78, 5) is 14.5. The van der Waals surface area contributed by atoms with E-state index < -0.39 is 0 Å². The van der Waals surface area contributed by atoms with Gasteiger partial charge in [0, 0.05) is 13.1 Å². The molecular weight excluding hydrogens is 254 g/mol. The normalized spacial score (nSPS) is 15.8. The van der Waals surface area contributed by atoms with E-state index in [1.54, 1.807) is 18.2 Å². The van der Waals surface area contributed by atoms with Gasteiger partial charge in [0.25, 0.3) is 5.91 Å². The molecule has 1 heterocycles. The summed E-state index contributed by atoms with van der Waals surface area (Å²) in [7, 11) is 1.52. The minimum absolute atomic E-state index is 0.133. The standard InChI is InChI=1S/C15H23N3O2/c1-20-14-12(6-5-7-13(14)16)15(19)17-8-11-18-9-3-2-4-10-18/h5-7H,2-4,8-11,16H2,1H3,(H,17,19). The van der Waals surface area contributed by atoms with Crippen molar-refractivity contribution in [3.8, 4) is 5.75 Å². The summed E-state index contributed by atoms with van der Waals surface area (Å²) in [6.45, 7) is 3.82. The molecule has 110 valence electrons. The van der Waals surface area contributed by atoms with Gasteiger partial charge in [-0.2, -0.15) is 0 Å². The number of anilines is 1. The van der Waals surface area contributed by atoms with Crippen LogP contribution in [0.5, 0.6) is 5.75 Å². The number of nitrogen functional groups attached to an aromatic ring is 1. The Morgan fingerprint density at radius 1 is 1.35 bits per heavy atom. The second kappa shape index (κ2) is 7.14. The van der Waals surface area contributed by atoms with Crippen LogP contribution in [-0.4, -0.2) is 44.1 Å². The molecule has 5 nitrogen and oxygen atoms in total. The van der Waals surface area contributed by atoms with Crippen LogP contribution in [0.1, 0.15) is 29.6 Å². The zero-order valence-corrected chi connectivity index (χ0v) is 12.0. The summed E-state index contributed by atoms with van der Waals surface area (Å²) in [6, 6.07) is 5.21. The molecule has 5 heteroatoms. The highest BCUT2D eigenvalue weighted by Gasteiger charge is 2.15. The number of methoxy groups -OCH3 is 1. The van der Waals surface area contributed by atoms with Gasteiger partial charge in [-0.3, -0.25) is 4.79 Å². The molecule has 0 spiro atoms. The van der Waals surface area contributed by atoms with Crippen molar-refractivity contribution >= 4 is 11.6 Å². The molecule has 0 atom stereocenters. The van der Waals surface area contributed by atoms with Crippen LogP contribution in [0.2, 0.25) is 0 Å². The number of hydrogen-bond donors (Lipinski definition) is 2. The number of carbonyl (C=O) groups excluding carboxylic acids is 1. The maximum absolute atomic E-state index is 12.2. The van der Waals surface area contributed by atoms with E-state index in [1.807, 2.05) is 0 Å². The Labute approximate surface area is 120 Å². The average molecular weight is 277 g/mol. The first-order valence-corrected chi connectivity index (χ1v) is 7.15. The Kier molecular flexibility index (Phi) is 5.24. The van der Waals surface area contributed by atoms with Gasteiger partial charge in [0.2, 0.25) is 0 Å². The number of hydrogen-bond acceptors (Lipinski definition) is 4. The Balaban J connectivity index is 1.87. The Morgan fingerprint density at radius 3 is 2.80 bits per heavy atom. The molecule has 0 unspecified atom stereocenters. The molecule has 1 fully saturated rings. The van der Waals surface area contributed by atoms with Crippen LogP contribution < -0.4 is 15.8 Å². The third-order valence-electron chi connectivity index (χ3n) is 3.66. The summed E-state index contributed by atoms with van der Waals surface area (Å²) in [6.07, 6.45) is 3.84. The molecule has 0 saturated carbocycles. The second-order valence-electron chi connectivity index (χ2n) is 5.09. The number of benzene rings is 1. The molecule has 0 aromatic heterocycles. The number of nitrogens with two attached hydrogens (primary N) is 1. The second-order valence-corrected chi connectivity index (χ2v) is 5.09. The fourth-order valence-electron chi connectivity index (χ4n) is 2.57. The first kappa shape index (κ1) is 14.7. The molecule has 0 aliphatic carbocycles. The summed E-state index contributed by atoms with van der Waals surface area (Å²) >= 11 is 0. The summed E-state index contributed by atoms with van der Waals surface area (Å²) in [5.41, 5.74) is 6.78. The molecule has 2 rings (SSSR count). The molecule has 1 saturated heterocycles. The van der Waals surface area contributed by atoms with Crippen molar-refractivity contribution in [2.45, 2.75) is 19.3 Å². The largest absolute Gasteiger partial charge is 0.494 e. The van der Waals surface area contributed by atoms with Crippen LogP contribution in [-0.2, 0) is 0 Å². The zero-order chi connectivity index (χ0) is 14.4. The summed E-state index contributed by atoms with van der Waals surface area (Å²) in [5.74, 6) is 0.314. The van der Waals surface area contributed by atoms with E-state index in [9.17, 15) is 4.79 Å². The number of rotatable bonds is 5. The van der Waals surface area contributed by atoms with Gasteiger partial charge in [-0.1, -0.05) is 12.5 Å². The van der Waals surface area contributed by atoms with E-state index in [0.29, 0.717) is 23.5 Å². The van der Waals surface area contributed by atoms with Gasteiger partial charge < -0.3 is 20.7 Å². The number of carbonyl (C=O) groups is 1. The maximum atomic E-state index is 12.2. The number of para-hydroxylation sites is 1. The first-order valence-electron chi connectivity index (χ1n) is 7.15. The number of ether oxygens (including phenoxy) is 1. The quantitative estimate of drug-likeness (QED) is 0.800. The van der Waals surface area contributed by atoms with Crippen LogP contribution >= 0.6 is 0 Å². The molecule has 20 heavy (non-hydrogen) atoms. The van der Waals surface area contributed by atoms with Crippen molar-refractivity contribution in [1.82, 2.24) is 10.2 Å². The first-order chi connectivity index (χ1) is 9.72. The zero-order valence-electron chi connectivity index (χ0n) is 12.0. The number of nitrogens with zero attached hydrogens (tertiary/aromatic N) is 1. The summed E-state index contributed by atoms with van der Waals surface area (Å²) < 4.78 is 5.20. The minimum Gasteiger partial charge on any atom is -0.494 e. The van der Waals surface area contributed by atoms with Crippen LogP contribution in [0.25, 0.3) is 0 Å². The van der Waals surface area contributed by atoms with E-state index in [0.717, 1.165) is 19.6 Å². The van der Waals surface area contributed by atoms with E-state index >= 15 is 0 Å². The molecule has 1 aromatic rings. The van der Waals surface area contributed by atoms with Gasteiger partial charge in [0.15, 0.2) is 5.75 Å². The molecule has 1 amide bonds. The molecule has 1 aromatic carbocycles. The Morgan fingerprint density at radius 2 is 2.10 bits per heavy atom. The predicted molar refractivity (Wildman–Crippen MR) is 80.0 cm³/mol. The van der Waals surface area contributed by atoms with Gasteiger partial charge in [-0.25, -0.2) is 0 Å². The fraction of sp³-hybridized carbons (Fsp3) is 0.533. The smallest absolute Gasteiger partial charge is 0.255 e. The van der Waals surface area contributed by atoms with E-state index in [4.69, 9.17) is 10.5 Å². The highest BCUT2D eigenvalue weighted by molar-refractivity contribution is 5.98. The molecule has 0 bridgehead atoms. The fourth-order valence-corrected chi connectivity index (χ4v) is 2.57. The number of nitrogens with one attached hydrogen (secondary N) is 1. The van der Waals surface area contributed by atoms with Gasteiger partial charge in [0.05, 0.1) is 18.4 Å². The topological polar surface area (TPSA) is 67.6 Å². The SMILES string of the molecule is COc1c(N)cccc1C(=O)NCCN1CCCCC1. The van der Waals surface area contributed by atoms with Gasteiger partial charge in [-0.15, -0.1) is 0 Å². The molecule has 0 radical (unpaired) electrons. The number of likely N-dealkylation sites (tertiary alicyclic amines) is 1. The van der Waals surface area contributed by atoms with E-state index in [-0.39, 0.29) is 5.91 Å². The molecular formula is C15H23N3O2. The Bertz CT molecular complexity index is 456. The van der Waals surface area contributed by atoms with E-state index in [1.165, 1.54) is 26.4 Å². The highest BCUT2D eigenvalue weighted by atomic mass is 16.5.